The number of aliphatic hydroxyl groups excluding tert-OH is 4. The van der Waals surface area contributed by atoms with Crippen LogP contribution >= 0.6 is 0 Å². The van der Waals surface area contributed by atoms with Crippen molar-refractivity contribution in [3.05, 3.63) is 64.0 Å². The van der Waals surface area contributed by atoms with Crippen molar-refractivity contribution in [2.24, 2.45) is 0 Å². The van der Waals surface area contributed by atoms with E-state index in [9.17, 15) is 29.9 Å². The highest BCUT2D eigenvalue weighted by molar-refractivity contribution is 5.45. The van der Waals surface area contributed by atoms with E-state index in [1.54, 1.807) is 19.1 Å². The van der Waals surface area contributed by atoms with Gasteiger partial charge in [-0.2, -0.15) is 0 Å². The number of aryl methyl sites for hydroxylation is 2. The molecule has 0 amide bonds. The van der Waals surface area contributed by atoms with Crippen LogP contribution in [0.3, 0.4) is 0 Å². The molecule has 31 heavy (non-hydrogen) atoms. The Bertz CT molecular complexity index is 948. The monoisotopic (exact) mass is 436 g/mol. The van der Waals surface area contributed by atoms with E-state index >= 15 is 0 Å². The van der Waals surface area contributed by atoms with Gasteiger partial charge in [-0.15, -0.1) is 0 Å². The molecule has 5 N–H and O–H groups in total. The largest absolute Gasteiger partial charge is 0.494 e. The van der Waals surface area contributed by atoms with E-state index in [1.807, 2.05) is 13.0 Å². The minimum Gasteiger partial charge on any atom is -0.494 e. The maximum Gasteiger partial charge on any atom is 0.222 e. The van der Waals surface area contributed by atoms with E-state index in [1.165, 1.54) is 26.2 Å². The van der Waals surface area contributed by atoms with Crippen LogP contribution in [0.25, 0.3) is 0 Å². The second-order valence-electron chi connectivity index (χ2n) is 8.20. The summed E-state index contributed by atoms with van der Waals surface area (Å²) >= 11 is 0. The fourth-order valence-corrected chi connectivity index (χ4v) is 4.14. The van der Waals surface area contributed by atoms with Crippen molar-refractivity contribution >= 4 is 0 Å². The molecule has 1 fully saturated rings. The molecule has 2 aromatic rings. The third kappa shape index (κ3) is 4.32. The number of rotatable bonds is 5. The zero-order valence-corrected chi connectivity index (χ0v) is 17.9. The smallest absolute Gasteiger partial charge is 0.222 e. The highest BCUT2D eigenvalue weighted by atomic mass is 19.1. The summed E-state index contributed by atoms with van der Waals surface area (Å²) in [4.78, 5) is 0. The molecular formula is C23H29FO7. The van der Waals surface area contributed by atoms with Crippen LogP contribution in [0.4, 0.5) is 4.39 Å². The molecule has 0 aromatic heterocycles. The van der Waals surface area contributed by atoms with E-state index in [4.69, 9.17) is 9.47 Å². The Balaban J connectivity index is 2.11. The Morgan fingerprint density at radius 2 is 1.81 bits per heavy atom. The molecular weight excluding hydrogens is 407 g/mol. The standard InChI is InChI=1S/C23H29FO7/c1-11-7-12(2)15(9-14-5-6-18(30-4)17(24)10-14)16(8-11)23(29)22(28)20(27)19(26)21(31-23)13(3)25/h5-8,10,13,19-22,25-29H,9H2,1-4H3/t13-,19-,20-,21+,22+,23+/m0/s1. The molecule has 170 valence electrons. The lowest BCUT2D eigenvalue weighted by Gasteiger charge is -2.47. The van der Waals surface area contributed by atoms with Crippen LogP contribution in [-0.2, 0) is 16.9 Å². The summed E-state index contributed by atoms with van der Waals surface area (Å²) in [6.45, 7) is 4.95. The first kappa shape index (κ1) is 23.6. The summed E-state index contributed by atoms with van der Waals surface area (Å²) in [5, 5.41) is 52.6. The summed E-state index contributed by atoms with van der Waals surface area (Å²) in [7, 11) is 1.37. The van der Waals surface area contributed by atoms with Crippen molar-refractivity contribution in [3.63, 3.8) is 0 Å². The number of halogens is 1. The number of aliphatic hydroxyl groups is 5. The van der Waals surface area contributed by atoms with Crippen molar-refractivity contribution in [1.82, 2.24) is 0 Å². The highest BCUT2D eigenvalue weighted by Crippen LogP contribution is 2.40. The lowest BCUT2D eigenvalue weighted by atomic mass is 9.82. The Morgan fingerprint density at radius 3 is 2.39 bits per heavy atom. The Hall–Kier alpha value is -2.07. The van der Waals surface area contributed by atoms with E-state index in [-0.39, 0.29) is 17.7 Å². The molecule has 0 aliphatic carbocycles. The number of ether oxygens (including phenoxy) is 2. The fraction of sp³-hybridized carbons (Fsp3) is 0.478. The number of benzene rings is 2. The summed E-state index contributed by atoms with van der Waals surface area (Å²) in [5.41, 5.74) is 2.84. The lowest BCUT2D eigenvalue weighted by Crippen LogP contribution is -2.65. The molecule has 7 nitrogen and oxygen atoms in total. The summed E-state index contributed by atoms with van der Waals surface area (Å²) < 4.78 is 24.8. The zero-order valence-electron chi connectivity index (χ0n) is 17.9. The number of hydrogen-bond acceptors (Lipinski definition) is 7. The van der Waals surface area contributed by atoms with Crippen LogP contribution in [0.15, 0.2) is 30.3 Å². The maximum atomic E-state index is 14.2. The maximum absolute atomic E-state index is 14.2. The van der Waals surface area contributed by atoms with Crippen LogP contribution < -0.4 is 4.74 Å². The van der Waals surface area contributed by atoms with Gasteiger partial charge >= 0.3 is 0 Å². The molecule has 1 saturated heterocycles. The molecule has 2 aromatic carbocycles. The van der Waals surface area contributed by atoms with Gasteiger partial charge in [0.1, 0.15) is 24.4 Å². The Labute approximate surface area is 180 Å². The molecule has 1 aliphatic heterocycles. The molecule has 1 heterocycles. The molecule has 3 rings (SSSR count). The number of methoxy groups -OCH3 is 1. The SMILES string of the molecule is COc1ccc(Cc2c(C)cc(C)cc2[C@@]2(O)O[C@H]([C@H](C)O)[C@@H](O)[C@H](O)[C@H]2O)cc1F. The topological polar surface area (TPSA) is 120 Å². The first-order valence-electron chi connectivity index (χ1n) is 10.0. The molecule has 6 atom stereocenters. The molecule has 0 radical (unpaired) electrons. The minimum atomic E-state index is -2.41. The predicted octanol–water partition coefficient (Wildman–Crippen LogP) is 1.05. The van der Waals surface area contributed by atoms with Crippen LogP contribution in [-0.4, -0.2) is 63.2 Å². The Morgan fingerprint density at radius 1 is 1.13 bits per heavy atom. The molecule has 1 aliphatic rings. The van der Waals surface area contributed by atoms with Gasteiger partial charge in [0.15, 0.2) is 11.6 Å². The van der Waals surface area contributed by atoms with E-state index in [0.717, 1.165) is 11.1 Å². The van der Waals surface area contributed by atoms with Crippen LogP contribution in [0.2, 0.25) is 0 Å². The highest BCUT2D eigenvalue weighted by Gasteiger charge is 2.55. The van der Waals surface area contributed by atoms with Gasteiger partial charge < -0.3 is 35.0 Å². The first-order chi connectivity index (χ1) is 14.5. The third-order valence-electron chi connectivity index (χ3n) is 5.80. The predicted molar refractivity (Wildman–Crippen MR) is 110 cm³/mol. The second kappa shape index (κ2) is 8.82. The van der Waals surface area contributed by atoms with E-state index < -0.39 is 42.1 Å². The van der Waals surface area contributed by atoms with Gasteiger partial charge in [-0.3, -0.25) is 0 Å². The molecule has 0 unspecified atom stereocenters. The quantitative estimate of drug-likeness (QED) is 0.475. The average molecular weight is 436 g/mol. The normalized spacial score (nSPS) is 29.6. The van der Waals surface area contributed by atoms with Crippen molar-refractivity contribution in [2.45, 2.75) is 63.5 Å². The van der Waals surface area contributed by atoms with Crippen molar-refractivity contribution in [3.8, 4) is 5.75 Å². The summed E-state index contributed by atoms with van der Waals surface area (Å²) in [6, 6.07) is 7.98. The number of hydrogen-bond donors (Lipinski definition) is 5. The summed E-state index contributed by atoms with van der Waals surface area (Å²) in [6.07, 6.45) is -7.61. The molecule has 0 spiro atoms. The van der Waals surface area contributed by atoms with Gasteiger partial charge in [-0.1, -0.05) is 23.8 Å². The lowest BCUT2D eigenvalue weighted by molar-refractivity contribution is -0.364. The molecule has 8 heteroatoms. The van der Waals surface area contributed by atoms with Crippen LogP contribution in [0, 0.1) is 19.7 Å². The minimum absolute atomic E-state index is 0.103. The summed E-state index contributed by atoms with van der Waals surface area (Å²) in [5.74, 6) is -2.84. The van der Waals surface area contributed by atoms with Gasteiger partial charge in [0.25, 0.3) is 0 Å². The van der Waals surface area contributed by atoms with E-state index in [0.29, 0.717) is 11.1 Å². The van der Waals surface area contributed by atoms with Crippen molar-refractivity contribution in [1.29, 1.82) is 0 Å². The Kier molecular flexibility index (Phi) is 6.71. The first-order valence-corrected chi connectivity index (χ1v) is 10.0. The van der Waals surface area contributed by atoms with Crippen LogP contribution in [0.1, 0.15) is 34.7 Å². The van der Waals surface area contributed by atoms with Gasteiger partial charge in [-0.25, -0.2) is 4.39 Å². The second-order valence-corrected chi connectivity index (χ2v) is 8.20. The molecule has 0 saturated carbocycles. The third-order valence-corrected chi connectivity index (χ3v) is 5.80. The van der Waals surface area contributed by atoms with Crippen LogP contribution in [0.5, 0.6) is 5.75 Å². The van der Waals surface area contributed by atoms with Crippen molar-refractivity contribution in [2.75, 3.05) is 7.11 Å². The average Bonchev–Trinajstić information content (AvgIpc) is 2.71. The van der Waals surface area contributed by atoms with Gasteiger partial charge in [0.05, 0.1) is 13.2 Å². The zero-order chi connectivity index (χ0) is 23.1. The van der Waals surface area contributed by atoms with Crippen molar-refractivity contribution < 1.29 is 39.4 Å². The van der Waals surface area contributed by atoms with Gasteiger partial charge in [-0.05, 0) is 56.0 Å². The molecule has 0 bridgehead atoms. The van der Waals surface area contributed by atoms with Gasteiger partial charge in [0.2, 0.25) is 5.79 Å². The van der Waals surface area contributed by atoms with E-state index in [2.05, 4.69) is 0 Å². The fourth-order valence-electron chi connectivity index (χ4n) is 4.14. The van der Waals surface area contributed by atoms with Gasteiger partial charge in [0, 0.05) is 5.56 Å².